The molecular weight excluding hydrogens is 228 g/mol. The van der Waals surface area contributed by atoms with Gasteiger partial charge in [-0.25, -0.2) is 0 Å². The van der Waals surface area contributed by atoms with Crippen molar-refractivity contribution in [3.05, 3.63) is 50.9 Å². The summed E-state index contributed by atoms with van der Waals surface area (Å²) in [4.78, 5) is 5.38. The molecule has 0 amide bonds. The summed E-state index contributed by atoms with van der Waals surface area (Å²) in [6, 6.07) is 5.59. The van der Waals surface area contributed by atoms with Crippen LogP contribution < -0.4 is 5.73 Å². The molecule has 0 aliphatic rings. The lowest BCUT2D eigenvalue weighted by Crippen LogP contribution is -2.12. The maximum Gasteiger partial charge on any atom is 0.0822 e. The third-order valence-electron chi connectivity index (χ3n) is 2.25. The molecule has 0 radical (unpaired) electrons. The zero-order valence-electron chi connectivity index (χ0n) is 8.27. The number of aryl methyl sites for hydroxylation is 1. The number of aromatic nitrogens is 1. The molecule has 0 bridgehead atoms. The number of rotatable bonds is 2. The minimum absolute atomic E-state index is 0.151. The van der Waals surface area contributed by atoms with Crippen LogP contribution in [-0.4, -0.2) is 4.98 Å². The first-order chi connectivity index (χ1) is 7.18. The Morgan fingerprint density at radius 2 is 2.20 bits per heavy atom. The fourth-order valence-electron chi connectivity index (χ4n) is 1.41. The molecule has 2 N–H and O–H groups in total. The summed E-state index contributed by atoms with van der Waals surface area (Å²) >= 11 is 7.43. The molecule has 0 aliphatic carbocycles. The Bertz CT molecular complexity index is 450. The number of hydrogen-bond acceptors (Lipinski definition) is 3. The predicted octanol–water partition coefficient (Wildman–Crippen LogP) is 3.15. The first-order valence-electron chi connectivity index (χ1n) is 4.59. The molecule has 2 aromatic rings. The quantitative estimate of drug-likeness (QED) is 0.873. The highest BCUT2D eigenvalue weighted by atomic mass is 35.5. The standard InChI is InChI=1S/C11H11ClN2S/c1-7-4-5-15-11(7)10(13)9-3-2-8(12)6-14-9/h2-6,10H,13H2,1H3. The van der Waals surface area contributed by atoms with Crippen LogP contribution in [0.3, 0.4) is 0 Å². The van der Waals surface area contributed by atoms with Gasteiger partial charge in [-0.15, -0.1) is 11.3 Å². The molecule has 4 heteroatoms. The van der Waals surface area contributed by atoms with E-state index in [0.717, 1.165) is 10.6 Å². The first kappa shape index (κ1) is 10.6. The van der Waals surface area contributed by atoms with Gasteiger partial charge in [-0.2, -0.15) is 0 Å². The monoisotopic (exact) mass is 238 g/mol. The summed E-state index contributed by atoms with van der Waals surface area (Å²) in [7, 11) is 0. The lowest BCUT2D eigenvalue weighted by molar-refractivity contribution is 0.840. The third kappa shape index (κ3) is 2.20. The molecule has 0 aliphatic heterocycles. The van der Waals surface area contributed by atoms with Gasteiger partial charge in [0.05, 0.1) is 16.8 Å². The first-order valence-corrected chi connectivity index (χ1v) is 5.85. The molecule has 2 aromatic heterocycles. The Balaban J connectivity index is 2.32. The van der Waals surface area contributed by atoms with Gasteiger partial charge in [0, 0.05) is 11.1 Å². The molecule has 0 spiro atoms. The molecule has 1 atom stereocenters. The lowest BCUT2D eigenvalue weighted by atomic mass is 10.1. The van der Waals surface area contributed by atoms with Gasteiger partial charge in [0.15, 0.2) is 0 Å². The van der Waals surface area contributed by atoms with Crippen LogP contribution in [0.4, 0.5) is 0 Å². The minimum Gasteiger partial charge on any atom is -0.318 e. The van der Waals surface area contributed by atoms with Gasteiger partial charge in [-0.3, -0.25) is 4.98 Å². The van der Waals surface area contributed by atoms with Crippen molar-refractivity contribution in [2.75, 3.05) is 0 Å². The van der Waals surface area contributed by atoms with Crippen molar-refractivity contribution < 1.29 is 0 Å². The molecule has 0 aromatic carbocycles. The Hall–Kier alpha value is -0.900. The Kier molecular flexibility index (Phi) is 3.05. The lowest BCUT2D eigenvalue weighted by Gasteiger charge is -2.10. The Labute approximate surface area is 97.7 Å². The van der Waals surface area contributed by atoms with E-state index in [9.17, 15) is 0 Å². The smallest absolute Gasteiger partial charge is 0.0822 e. The van der Waals surface area contributed by atoms with Gasteiger partial charge in [-0.1, -0.05) is 11.6 Å². The van der Waals surface area contributed by atoms with Gasteiger partial charge in [0.1, 0.15) is 0 Å². The van der Waals surface area contributed by atoms with Crippen molar-refractivity contribution in [2.24, 2.45) is 5.73 Å². The average molecular weight is 239 g/mol. The number of halogens is 1. The molecule has 0 fully saturated rings. The molecular formula is C11H11ClN2S. The highest BCUT2D eigenvalue weighted by Gasteiger charge is 2.13. The largest absolute Gasteiger partial charge is 0.318 e. The van der Waals surface area contributed by atoms with Crippen LogP contribution >= 0.6 is 22.9 Å². The molecule has 2 nitrogen and oxygen atoms in total. The zero-order valence-corrected chi connectivity index (χ0v) is 9.85. The third-order valence-corrected chi connectivity index (χ3v) is 3.58. The second kappa shape index (κ2) is 4.31. The summed E-state index contributed by atoms with van der Waals surface area (Å²) in [6.45, 7) is 2.06. The van der Waals surface area contributed by atoms with Crippen molar-refractivity contribution in [3.63, 3.8) is 0 Å². The number of thiophene rings is 1. The van der Waals surface area contributed by atoms with Crippen LogP contribution in [0.2, 0.25) is 5.02 Å². The van der Waals surface area contributed by atoms with E-state index >= 15 is 0 Å². The molecule has 1 unspecified atom stereocenters. The van der Waals surface area contributed by atoms with E-state index in [4.69, 9.17) is 17.3 Å². The molecule has 15 heavy (non-hydrogen) atoms. The van der Waals surface area contributed by atoms with Crippen molar-refractivity contribution >= 4 is 22.9 Å². The predicted molar refractivity (Wildman–Crippen MR) is 64.3 cm³/mol. The van der Waals surface area contributed by atoms with Crippen LogP contribution in [0.5, 0.6) is 0 Å². The molecule has 0 saturated heterocycles. The van der Waals surface area contributed by atoms with Crippen molar-refractivity contribution in [1.82, 2.24) is 4.98 Å². The summed E-state index contributed by atoms with van der Waals surface area (Å²) in [5, 5.41) is 2.68. The average Bonchev–Trinajstić information content (AvgIpc) is 2.65. The van der Waals surface area contributed by atoms with E-state index in [2.05, 4.69) is 18.0 Å². The zero-order chi connectivity index (χ0) is 10.8. The maximum atomic E-state index is 6.12. The highest BCUT2D eigenvalue weighted by Crippen LogP contribution is 2.26. The maximum absolute atomic E-state index is 6.12. The topological polar surface area (TPSA) is 38.9 Å². The van der Waals surface area contributed by atoms with E-state index in [-0.39, 0.29) is 6.04 Å². The van der Waals surface area contributed by atoms with Crippen molar-refractivity contribution in [1.29, 1.82) is 0 Å². The van der Waals surface area contributed by atoms with Crippen LogP contribution in [0.15, 0.2) is 29.8 Å². The van der Waals surface area contributed by atoms with E-state index in [1.165, 1.54) is 5.56 Å². The van der Waals surface area contributed by atoms with Crippen LogP contribution in [0, 0.1) is 6.92 Å². The van der Waals surface area contributed by atoms with Crippen molar-refractivity contribution in [3.8, 4) is 0 Å². The number of hydrogen-bond donors (Lipinski definition) is 1. The van der Waals surface area contributed by atoms with E-state index in [1.807, 2.05) is 17.5 Å². The van der Waals surface area contributed by atoms with Gasteiger partial charge < -0.3 is 5.73 Å². The van der Waals surface area contributed by atoms with Gasteiger partial charge >= 0.3 is 0 Å². The summed E-state index contributed by atoms with van der Waals surface area (Å²) in [6.07, 6.45) is 1.62. The minimum atomic E-state index is -0.151. The second-order valence-corrected chi connectivity index (χ2v) is 4.73. The van der Waals surface area contributed by atoms with Gasteiger partial charge in [0.2, 0.25) is 0 Å². The molecule has 0 saturated carbocycles. The van der Waals surface area contributed by atoms with E-state index < -0.39 is 0 Å². The molecule has 2 rings (SSSR count). The van der Waals surface area contributed by atoms with E-state index in [1.54, 1.807) is 17.5 Å². The van der Waals surface area contributed by atoms with Gasteiger partial charge in [0.25, 0.3) is 0 Å². The van der Waals surface area contributed by atoms with Crippen LogP contribution in [-0.2, 0) is 0 Å². The number of nitrogens with zero attached hydrogens (tertiary/aromatic N) is 1. The van der Waals surface area contributed by atoms with Gasteiger partial charge in [-0.05, 0) is 36.1 Å². The summed E-state index contributed by atoms with van der Waals surface area (Å²) in [5.74, 6) is 0. The second-order valence-electron chi connectivity index (χ2n) is 3.35. The fourth-order valence-corrected chi connectivity index (χ4v) is 2.46. The normalized spacial score (nSPS) is 12.7. The van der Waals surface area contributed by atoms with Crippen LogP contribution in [0.25, 0.3) is 0 Å². The Morgan fingerprint density at radius 1 is 1.40 bits per heavy atom. The van der Waals surface area contributed by atoms with Crippen LogP contribution in [0.1, 0.15) is 22.2 Å². The highest BCUT2D eigenvalue weighted by molar-refractivity contribution is 7.10. The Morgan fingerprint density at radius 3 is 2.73 bits per heavy atom. The number of pyridine rings is 1. The molecule has 78 valence electrons. The summed E-state index contributed by atoms with van der Waals surface area (Å²) < 4.78 is 0. The molecule has 2 heterocycles. The SMILES string of the molecule is Cc1ccsc1C(N)c1ccc(Cl)cn1. The number of nitrogens with two attached hydrogens (primary N) is 1. The summed E-state index contributed by atoms with van der Waals surface area (Å²) in [5.41, 5.74) is 8.18. The fraction of sp³-hybridized carbons (Fsp3) is 0.182. The van der Waals surface area contributed by atoms with Crippen molar-refractivity contribution in [2.45, 2.75) is 13.0 Å². The van der Waals surface area contributed by atoms with E-state index in [0.29, 0.717) is 5.02 Å².